The predicted molar refractivity (Wildman–Crippen MR) is 172 cm³/mol. The van der Waals surface area contributed by atoms with Gasteiger partial charge in [-0.3, -0.25) is 33.3 Å². The molecule has 47 heavy (non-hydrogen) atoms. The van der Waals surface area contributed by atoms with Gasteiger partial charge in [0.2, 0.25) is 0 Å². The Labute approximate surface area is 272 Å². The molecule has 0 spiro atoms. The van der Waals surface area contributed by atoms with Crippen LogP contribution in [0.25, 0.3) is 0 Å². The Morgan fingerprint density at radius 3 is 2.32 bits per heavy atom. The number of hydrogen-bond donors (Lipinski definition) is 2. The molecule has 4 heterocycles. The molecule has 15 nitrogen and oxygen atoms in total. The highest BCUT2D eigenvalue weighted by molar-refractivity contribution is 6.76. The molecule has 0 amide bonds. The lowest BCUT2D eigenvalue weighted by atomic mass is 9.92. The Hall–Kier alpha value is -3.44. The van der Waals surface area contributed by atoms with E-state index in [-0.39, 0.29) is 51.2 Å². The second kappa shape index (κ2) is 15.2. The Morgan fingerprint density at radius 2 is 1.66 bits per heavy atom. The van der Waals surface area contributed by atoms with Crippen LogP contribution in [-0.4, -0.2) is 75.1 Å². The van der Waals surface area contributed by atoms with Crippen LogP contribution in [0, 0.1) is 19.8 Å². The number of aromatic nitrogens is 4. The maximum absolute atomic E-state index is 13.3. The molecule has 6 atom stereocenters. The van der Waals surface area contributed by atoms with Crippen molar-refractivity contribution in [2.45, 2.75) is 116 Å². The molecule has 2 aromatic rings. The molecule has 0 unspecified atom stereocenters. The molecule has 0 radical (unpaired) electrons. The minimum atomic E-state index is -1.36. The Morgan fingerprint density at radius 1 is 1.00 bits per heavy atom. The third-order valence-corrected chi connectivity index (χ3v) is 10.3. The van der Waals surface area contributed by atoms with Crippen LogP contribution in [0.3, 0.4) is 0 Å². The second-order valence-corrected chi connectivity index (χ2v) is 19.3. The summed E-state index contributed by atoms with van der Waals surface area (Å²) in [5, 5.41) is 10.0. The monoisotopic (exact) mass is 678 g/mol. The number of nitrogens with zero attached hydrogens (tertiary/aromatic N) is 3. The van der Waals surface area contributed by atoms with Crippen LogP contribution in [0.2, 0.25) is 25.7 Å². The van der Waals surface area contributed by atoms with Crippen molar-refractivity contribution in [2.24, 2.45) is 5.92 Å². The van der Waals surface area contributed by atoms with Gasteiger partial charge in [-0.05, 0) is 38.7 Å². The summed E-state index contributed by atoms with van der Waals surface area (Å²) in [7, 11) is -1.36. The van der Waals surface area contributed by atoms with Gasteiger partial charge in [0.1, 0.15) is 31.1 Å². The first-order valence-electron chi connectivity index (χ1n) is 15.9. The summed E-state index contributed by atoms with van der Waals surface area (Å²) >= 11 is 0. The molecule has 0 aliphatic carbocycles. The first-order valence-corrected chi connectivity index (χ1v) is 19.6. The van der Waals surface area contributed by atoms with E-state index in [1.807, 2.05) is 0 Å². The molecule has 16 heteroatoms. The number of carbonyl (C=O) groups excluding carboxylic acids is 2. The molecule has 0 bridgehead atoms. The Balaban J connectivity index is 1.40. The van der Waals surface area contributed by atoms with Gasteiger partial charge in [-0.2, -0.15) is 0 Å². The van der Waals surface area contributed by atoms with Gasteiger partial charge in [0, 0.05) is 64.4 Å². The van der Waals surface area contributed by atoms with Crippen LogP contribution in [0.4, 0.5) is 0 Å². The van der Waals surface area contributed by atoms with E-state index in [2.05, 4.69) is 24.6 Å². The third-order valence-electron chi connectivity index (χ3n) is 8.59. The van der Waals surface area contributed by atoms with E-state index in [0.29, 0.717) is 17.7 Å². The SMILES string of the molecule is CC(=O)O[C@H]1C[C@H](n2cc(C)c(=O)[nH]c2=O)O[C@@H]1CCC(=O)C[C@H]1C[C@H](n2cc(C)c(=O)n(COCC[Si](C)(C)C)c2=O)O[C@@H]1CO. The number of nitrogens with one attached hydrogen (secondary N) is 1. The zero-order valence-corrected chi connectivity index (χ0v) is 28.9. The first-order chi connectivity index (χ1) is 22.1. The number of hydrogen-bond acceptors (Lipinski definition) is 11. The third kappa shape index (κ3) is 9.13. The highest BCUT2D eigenvalue weighted by atomic mass is 28.3. The van der Waals surface area contributed by atoms with Crippen molar-refractivity contribution in [3.8, 4) is 0 Å². The largest absolute Gasteiger partial charge is 0.460 e. The summed E-state index contributed by atoms with van der Waals surface area (Å²) in [5.41, 5.74) is -1.57. The Kier molecular flexibility index (Phi) is 11.8. The van der Waals surface area contributed by atoms with Gasteiger partial charge in [-0.25, -0.2) is 14.2 Å². The van der Waals surface area contributed by atoms with Crippen molar-refractivity contribution >= 4 is 19.8 Å². The summed E-state index contributed by atoms with van der Waals surface area (Å²) in [6.45, 7) is 10.9. The van der Waals surface area contributed by atoms with Crippen molar-refractivity contribution in [1.82, 2.24) is 18.7 Å². The fourth-order valence-corrected chi connectivity index (χ4v) is 6.70. The summed E-state index contributed by atoms with van der Waals surface area (Å²) in [4.78, 5) is 77.5. The molecule has 2 aliphatic rings. The molecule has 4 rings (SSSR count). The number of carbonyl (C=O) groups is 2. The standard InChI is InChI=1S/C31H46N4O11Si/c1-18-14-33(30(41)32-28(18)39)27-13-24(44-20(3)37)23(45-27)8-7-22(38)11-21-12-26(46-25(21)16-36)34-15-19(2)29(40)35(31(34)42)17-43-9-10-47(4,5)6/h14-15,21,23-27,36H,7-13,16-17H2,1-6H3,(H,32,39,41)/t21-,23+,24-,25+,26+,27+/m0/s1. The van der Waals surface area contributed by atoms with Crippen LogP contribution in [-0.2, 0) is 35.3 Å². The van der Waals surface area contributed by atoms with E-state index in [1.165, 1.54) is 28.5 Å². The van der Waals surface area contributed by atoms with Gasteiger partial charge >= 0.3 is 17.3 Å². The summed E-state index contributed by atoms with van der Waals surface area (Å²) in [5.74, 6) is -1.08. The molecule has 0 saturated carbocycles. The van der Waals surface area contributed by atoms with E-state index in [1.54, 1.807) is 13.8 Å². The summed E-state index contributed by atoms with van der Waals surface area (Å²) in [6, 6.07) is 0.883. The van der Waals surface area contributed by atoms with Crippen molar-refractivity contribution < 1.29 is 33.6 Å². The van der Waals surface area contributed by atoms with Crippen LogP contribution in [0.15, 0.2) is 31.6 Å². The lowest BCUT2D eigenvalue weighted by molar-refractivity contribution is -0.149. The van der Waals surface area contributed by atoms with Gasteiger partial charge in [-0.15, -0.1) is 0 Å². The smallest absolute Gasteiger partial charge is 0.335 e. The number of aromatic amines is 1. The van der Waals surface area contributed by atoms with Gasteiger partial charge in [0.15, 0.2) is 0 Å². The number of H-pyrrole nitrogens is 1. The van der Waals surface area contributed by atoms with Crippen LogP contribution >= 0.6 is 0 Å². The fraction of sp³-hybridized carbons (Fsp3) is 0.677. The van der Waals surface area contributed by atoms with Gasteiger partial charge in [0.25, 0.3) is 11.1 Å². The fourth-order valence-electron chi connectivity index (χ4n) is 5.94. The molecule has 260 valence electrons. The minimum Gasteiger partial charge on any atom is -0.460 e. The van der Waals surface area contributed by atoms with Crippen LogP contribution < -0.4 is 22.5 Å². The highest BCUT2D eigenvalue weighted by Crippen LogP contribution is 2.36. The topological polar surface area (TPSA) is 190 Å². The molecular formula is C31H46N4O11Si. The van der Waals surface area contributed by atoms with E-state index in [9.17, 15) is 33.9 Å². The van der Waals surface area contributed by atoms with Crippen LogP contribution in [0.5, 0.6) is 0 Å². The molecule has 2 aliphatic heterocycles. The Bertz CT molecular complexity index is 1690. The molecule has 2 N–H and O–H groups in total. The number of rotatable bonds is 14. The van der Waals surface area contributed by atoms with Crippen molar-refractivity contribution in [3.05, 3.63) is 65.2 Å². The molecule has 2 saturated heterocycles. The van der Waals surface area contributed by atoms with E-state index in [0.717, 1.165) is 10.6 Å². The molecule has 0 aromatic carbocycles. The lowest BCUT2D eigenvalue weighted by Gasteiger charge is -2.19. The number of ketones is 1. The van der Waals surface area contributed by atoms with Gasteiger partial charge in [-0.1, -0.05) is 19.6 Å². The molecular weight excluding hydrogens is 632 g/mol. The maximum atomic E-state index is 13.3. The summed E-state index contributed by atoms with van der Waals surface area (Å²) in [6.07, 6.45) is -0.130. The second-order valence-electron chi connectivity index (χ2n) is 13.7. The van der Waals surface area contributed by atoms with Gasteiger partial charge in [0.05, 0.1) is 18.8 Å². The van der Waals surface area contributed by atoms with Gasteiger partial charge < -0.3 is 24.1 Å². The zero-order valence-electron chi connectivity index (χ0n) is 27.9. The number of ether oxygens (including phenoxy) is 4. The summed E-state index contributed by atoms with van der Waals surface area (Å²) < 4.78 is 26.8. The molecule has 2 aromatic heterocycles. The number of aliphatic hydroxyl groups is 1. The van der Waals surface area contributed by atoms with Crippen molar-refractivity contribution in [2.75, 3.05) is 13.2 Å². The molecule has 2 fully saturated rings. The predicted octanol–water partition coefficient (Wildman–Crippen LogP) is 1.34. The average molecular weight is 679 g/mol. The zero-order chi connectivity index (χ0) is 34.6. The maximum Gasteiger partial charge on any atom is 0.335 e. The quantitative estimate of drug-likeness (QED) is 0.167. The van der Waals surface area contributed by atoms with Crippen LogP contribution in [0.1, 0.15) is 62.6 Å². The number of Topliss-reactive ketones (excluding diaryl/α,β-unsaturated/α-hetero) is 1. The number of aliphatic hydroxyl groups excluding tert-OH is 1. The van der Waals surface area contributed by atoms with E-state index in [4.69, 9.17) is 18.9 Å². The normalized spacial score (nSPS) is 24.5. The van der Waals surface area contributed by atoms with Crippen molar-refractivity contribution in [3.63, 3.8) is 0 Å². The first kappa shape index (κ1) is 36.4. The van der Waals surface area contributed by atoms with E-state index >= 15 is 0 Å². The lowest BCUT2D eigenvalue weighted by Crippen LogP contribution is -2.42. The van der Waals surface area contributed by atoms with E-state index < -0.39 is 73.2 Å². The number of esters is 1. The minimum absolute atomic E-state index is 0.0574. The highest BCUT2D eigenvalue weighted by Gasteiger charge is 2.41. The number of aryl methyl sites for hydroxylation is 2. The van der Waals surface area contributed by atoms with Crippen molar-refractivity contribution in [1.29, 1.82) is 0 Å². The average Bonchev–Trinajstić information content (AvgIpc) is 3.57.